The normalized spacial score (nSPS) is 12.4. The fourth-order valence-electron chi connectivity index (χ4n) is 10.3. The highest BCUT2D eigenvalue weighted by Gasteiger charge is 2.19. The SMILES string of the molecule is CC/C=C\C/C=C\C/C=C\C/C=C\CCCCCCCCCCCCC(=O)OCC(COC(=O)CCCCCCCCC/C=C\CCCCCCCC)OC(=O)CCCCCCCCCCCCCCCCCCCCCCC. The average Bonchev–Trinajstić information content (AvgIpc) is 3.45. The summed E-state index contributed by atoms with van der Waals surface area (Å²) in [5, 5.41) is 0. The summed E-state index contributed by atoms with van der Waals surface area (Å²) in [7, 11) is 0. The van der Waals surface area contributed by atoms with E-state index in [1.165, 1.54) is 244 Å². The van der Waals surface area contributed by atoms with Gasteiger partial charge in [-0.25, -0.2) is 0 Å². The van der Waals surface area contributed by atoms with Gasteiger partial charge in [-0.1, -0.05) is 326 Å². The molecule has 0 N–H and O–H groups in total. The third-order valence-corrected chi connectivity index (χ3v) is 15.5. The van der Waals surface area contributed by atoms with Crippen LogP contribution in [0.1, 0.15) is 367 Å². The van der Waals surface area contributed by atoms with E-state index in [4.69, 9.17) is 14.2 Å². The molecule has 0 bridgehead atoms. The Kier molecular flexibility index (Phi) is 65.1. The third-order valence-electron chi connectivity index (χ3n) is 15.5. The van der Waals surface area contributed by atoms with Crippen LogP contribution in [0.3, 0.4) is 0 Å². The summed E-state index contributed by atoms with van der Waals surface area (Å²) in [6.07, 6.45) is 86.6. The molecule has 0 rings (SSSR count). The monoisotopic (exact) mass is 1110 g/mol. The Hall–Kier alpha value is -2.89. The fourth-order valence-corrected chi connectivity index (χ4v) is 10.3. The van der Waals surface area contributed by atoms with Crippen molar-refractivity contribution in [3.8, 4) is 0 Å². The summed E-state index contributed by atoms with van der Waals surface area (Å²) in [5.74, 6) is -0.856. The molecule has 0 aliphatic rings. The highest BCUT2D eigenvalue weighted by molar-refractivity contribution is 5.71. The molecule has 0 saturated carbocycles. The molecule has 0 radical (unpaired) electrons. The molecule has 1 unspecified atom stereocenters. The van der Waals surface area contributed by atoms with Gasteiger partial charge in [-0.2, -0.15) is 0 Å². The van der Waals surface area contributed by atoms with Crippen molar-refractivity contribution in [2.45, 2.75) is 374 Å². The Morgan fingerprint density at radius 2 is 0.494 bits per heavy atom. The van der Waals surface area contributed by atoms with Crippen molar-refractivity contribution in [1.29, 1.82) is 0 Å². The van der Waals surface area contributed by atoms with E-state index in [0.717, 1.165) is 83.5 Å². The van der Waals surface area contributed by atoms with E-state index in [2.05, 4.69) is 81.5 Å². The van der Waals surface area contributed by atoms with Crippen LogP contribution in [0.4, 0.5) is 0 Å². The molecule has 0 fully saturated rings. The van der Waals surface area contributed by atoms with Crippen LogP contribution in [0, 0.1) is 0 Å². The first-order valence-electron chi connectivity index (χ1n) is 34.8. The minimum Gasteiger partial charge on any atom is -0.462 e. The van der Waals surface area contributed by atoms with Gasteiger partial charge in [0.15, 0.2) is 6.10 Å². The van der Waals surface area contributed by atoms with E-state index in [9.17, 15) is 14.4 Å². The predicted molar refractivity (Wildman–Crippen MR) is 344 cm³/mol. The molecular formula is C73H132O6. The van der Waals surface area contributed by atoms with Crippen LogP contribution < -0.4 is 0 Å². The maximum Gasteiger partial charge on any atom is 0.306 e. The lowest BCUT2D eigenvalue weighted by molar-refractivity contribution is -0.167. The lowest BCUT2D eigenvalue weighted by atomic mass is 10.0. The summed E-state index contributed by atoms with van der Waals surface area (Å²) >= 11 is 0. The summed E-state index contributed by atoms with van der Waals surface area (Å²) < 4.78 is 17.0. The second-order valence-electron chi connectivity index (χ2n) is 23.4. The number of carbonyl (C=O) groups is 3. The number of ether oxygens (including phenoxy) is 3. The molecule has 0 aromatic carbocycles. The number of rotatable bonds is 64. The zero-order chi connectivity index (χ0) is 57.1. The molecule has 0 aromatic heterocycles. The van der Waals surface area contributed by atoms with Gasteiger partial charge in [0.05, 0.1) is 0 Å². The molecule has 6 heteroatoms. The van der Waals surface area contributed by atoms with Gasteiger partial charge in [0, 0.05) is 19.3 Å². The number of hydrogen-bond donors (Lipinski definition) is 0. The van der Waals surface area contributed by atoms with Crippen molar-refractivity contribution in [3.63, 3.8) is 0 Å². The summed E-state index contributed by atoms with van der Waals surface area (Å²) in [6.45, 7) is 6.58. The second-order valence-corrected chi connectivity index (χ2v) is 23.4. The summed E-state index contributed by atoms with van der Waals surface area (Å²) in [5.41, 5.74) is 0. The Balaban J connectivity index is 4.33. The smallest absolute Gasteiger partial charge is 0.306 e. The molecular weight excluding hydrogens is 973 g/mol. The van der Waals surface area contributed by atoms with E-state index in [-0.39, 0.29) is 31.1 Å². The molecule has 460 valence electrons. The molecule has 1 atom stereocenters. The van der Waals surface area contributed by atoms with Crippen molar-refractivity contribution < 1.29 is 28.6 Å². The number of hydrogen-bond acceptors (Lipinski definition) is 6. The molecule has 0 aromatic rings. The van der Waals surface area contributed by atoms with Crippen LogP contribution in [0.25, 0.3) is 0 Å². The van der Waals surface area contributed by atoms with Crippen LogP contribution in [0.15, 0.2) is 60.8 Å². The lowest BCUT2D eigenvalue weighted by Crippen LogP contribution is -2.30. The Morgan fingerprint density at radius 1 is 0.266 bits per heavy atom. The first kappa shape index (κ1) is 76.1. The van der Waals surface area contributed by atoms with E-state index in [0.29, 0.717) is 19.3 Å². The molecule has 0 aliphatic carbocycles. The number of unbranched alkanes of at least 4 members (excludes halogenated alkanes) is 43. The molecule has 0 spiro atoms. The Morgan fingerprint density at radius 3 is 0.785 bits per heavy atom. The van der Waals surface area contributed by atoms with Crippen molar-refractivity contribution in [2.24, 2.45) is 0 Å². The lowest BCUT2D eigenvalue weighted by Gasteiger charge is -2.18. The van der Waals surface area contributed by atoms with Crippen molar-refractivity contribution in [1.82, 2.24) is 0 Å². The van der Waals surface area contributed by atoms with Crippen molar-refractivity contribution in [3.05, 3.63) is 60.8 Å². The van der Waals surface area contributed by atoms with E-state index < -0.39 is 6.10 Å². The Labute approximate surface area is 491 Å². The number of esters is 3. The van der Waals surface area contributed by atoms with Crippen molar-refractivity contribution in [2.75, 3.05) is 13.2 Å². The fraction of sp³-hybridized carbons (Fsp3) is 0.822. The molecule has 0 amide bonds. The van der Waals surface area contributed by atoms with Gasteiger partial charge in [0.1, 0.15) is 13.2 Å². The van der Waals surface area contributed by atoms with Gasteiger partial charge >= 0.3 is 17.9 Å². The van der Waals surface area contributed by atoms with Gasteiger partial charge in [0.25, 0.3) is 0 Å². The molecule has 0 heterocycles. The van der Waals surface area contributed by atoms with E-state index >= 15 is 0 Å². The predicted octanol–water partition coefficient (Wildman–Crippen LogP) is 23.9. The standard InChI is InChI=1S/C73H132O6/c1-4-7-10-13-16-19-22-25-28-31-33-35-36-38-39-42-45-48-51-54-57-60-63-66-72(75)78-69-70(68-77-71(74)65-62-59-56-53-50-47-44-41-30-27-24-21-18-15-12-9-6-3)79-73(76)67-64-61-58-55-52-49-46-43-40-37-34-32-29-26-23-20-17-14-11-8-5-2/h7,10,16,19,25,27-28,30,33,35,70H,4-6,8-9,11-15,17-18,20-24,26,29,31-32,34,36-69H2,1-3H3/b10-7-,19-16-,28-25-,30-27-,35-33-. The molecule has 0 saturated heterocycles. The van der Waals surface area contributed by atoms with E-state index in [1.54, 1.807) is 0 Å². The van der Waals surface area contributed by atoms with Gasteiger partial charge in [-0.05, 0) is 83.5 Å². The van der Waals surface area contributed by atoms with Crippen LogP contribution >= 0.6 is 0 Å². The van der Waals surface area contributed by atoms with Gasteiger partial charge in [0.2, 0.25) is 0 Å². The van der Waals surface area contributed by atoms with Gasteiger partial charge in [-0.15, -0.1) is 0 Å². The zero-order valence-corrected chi connectivity index (χ0v) is 52.9. The van der Waals surface area contributed by atoms with Crippen LogP contribution in [0.5, 0.6) is 0 Å². The third kappa shape index (κ3) is 65.8. The first-order valence-corrected chi connectivity index (χ1v) is 34.8. The maximum atomic E-state index is 13.0. The molecule has 79 heavy (non-hydrogen) atoms. The van der Waals surface area contributed by atoms with Crippen LogP contribution in [0.2, 0.25) is 0 Å². The maximum absolute atomic E-state index is 13.0. The first-order chi connectivity index (χ1) is 39.0. The van der Waals surface area contributed by atoms with Gasteiger partial charge < -0.3 is 14.2 Å². The second kappa shape index (κ2) is 67.6. The van der Waals surface area contributed by atoms with Crippen LogP contribution in [-0.4, -0.2) is 37.2 Å². The summed E-state index contributed by atoms with van der Waals surface area (Å²) in [4.78, 5) is 38.5. The van der Waals surface area contributed by atoms with Gasteiger partial charge in [-0.3, -0.25) is 14.4 Å². The average molecular weight is 1110 g/mol. The topological polar surface area (TPSA) is 78.9 Å². The summed E-state index contributed by atoms with van der Waals surface area (Å²) in [6, 6.07) is 0. The number of allylic oxidation sites excluding steroid dienone is 10. The van der Waals surface area contributed by atoms with Crippen LogP contribution in [-0.2, 0) is 28.6 Å². The highest BCUT2D eigenvalue weighted by atomic mass is 16.6. The Bertz CT molecular complexity index is 1410. The quantitative estimate of drug-likeness (QED) is 0.0261. The minimum atomic E-state index is -0.777. The molecule has 6 nitrogen and oxygen atoms in total. The zero-order valence-electron chi connectivity index (χ0n) is 52.9. The number of carbonyl (C=O) groups excluding carboxylic acids is 3. The van der Waals surface area contributed by atoms with E-state index in [1.807, 2.05) is 0 Å². The highest BCUT2D eigenvalue weighted by Crippen LogP contribution is 2.18. The van der Waals surface area contributed by atoms with Crippen molar-refractivity contribution >= 4 is 17.9 Å². The molecule has 0 aliphatic heterocycles. The minimum absolute atomic E-state index is 0.0736. The largest absolute Gasteiger partial charge is 0.462 e.